The fourth-order valence-electron chi connectivity index (χ4n) is 4.63. The fourth-order valence-corrected chi connectivity index (χ4v) is 4.63. The molecule has 2 N–H and O–H groups in total. The zero-order valence-corrected chi connectivity index (χ0v) is 21.7. The monoisotopic (exact) mass is 531 g/mol. The summed E-state index contributed by atoms with van der Waals surface area (Å²) in [4.78, 5) is 15.2. The van der Waals surface area contributed by atoms with E-state index in [1.165, 1.54) is 37.0 Å². The number of phenols is 1. The van der Waals surface area contributed by atoms with Gasteiger partial charge in [-0.2, -0.15) is 13.2 Å². The van der Waals surface area contributed by atoms with Gasteiger partial charge in [0.05, 0.1) is 12.7 Å². The van der Waals surface area contributed by atoms with Crippen molar-refractivity contribution < 1.29 is 27.8 Å². The van der Waals surface area contributed by atoms with Crippen LogP contribution in [0.1, 0.15) is 60.8 Å². The third-order valence-corrected chi connectivity index (χ3v) is 6.58. The molecule has 1 amide bonds. The summed E-state index contributed by atoms with van der Waals surface area (Å²) < 4.78 is 45.2. The molecule has 0 unspecified atom stereocenters. The molecule has 0 aliphatic carbocycles. The molecule has 1 saturated heterocycles. The molecule has 2 aromatic carbocycles. The number of hydrogen-bond donors (Lipinski definition) is 2. The number of halogens is 3. The molecular formula is C27H32F3N5O3. The number of hydrogen-bond acceptors (Lipinski definition) is 6. The number of aromatic nitrogens is 3. The summed E-state index contributed by atoms with van der Waals surface area (Å²) in [5.74, 6) is -0.886. The van der Waals surface area contributed by atoms with Crippen LogP contribution in [0.5, 0.6) is 11.5 Å². The highest BCUT2D eigenvalue weighted by atomic mass is 19.4. The average molecular weight is 532 g/mol. The topological polar surface area (TPSA) is 92.5 Å². The Bertz CT molecular complexity index is 1270. The van der Waals surface area contributed by atoms with Crippen molar-refractivity contribution in [3.8, 4) is 28.6 Å². The lowest BCUT2D eigenvalue weighted by Gasteiger charge is -2.26. The quantitative estimate of drug-likeness (QED) is 0.423. The van der Waals surface area contributed by atoms with E-state index in [2.05, 4.69) is 15.1 Å². The number of benzene rings is 2. The lowest BCUT2D eigenvalue weighted by molar-refractivity contribution is -0.123. The predicted octanol–water partition coefficient (Wildman–Crippen LogP) is 5.05. The maximum atomic E-state index is 12.8. The second-order valence-corrected chi connectivity index (χ2v) is 9.75. The zero-order valence-electron chi connectivity index (χ0n) is 21.7. The minimum Gasteiger partial charge on any atom is -0.507 e. The van der Waals surface area contributed by atoms with E-state index in [1.54, 1.807) is 18.2 Å². The lowest BCUT2D eigenvalue weighted by Crippen LogP contribution is -2.35. The van der Waals surface area contributed by atoms with Gasteiger partial charge in [0.15, 0.2) is 5.82 Å². The van der Waals surface area contributed by atoms with E-state index in [0.717, 1.165) is 30.8 Å². The van der Waals surface area contributed by atoms with Crippen LogP contribution in [0.4, 0.5) is 13.2 Å². The molecule has 0 radical (unpaired) electrons. The van der Waals surface area contributed by atoms with Crippen LogP contribution in [0.25, 0.3) is 17.1 Å². The summed E-state index contributed by atoms with van der Waals surface area (Å²) in [7, 11) is 1.50. The molecule has 1 aliphatic heterocycles. The number of carbonyl (C=O) groups is 1. The van der Waals surface area contributed by atoms with Crippen molar-refractivity contribution in [2.24, 2.45) is 0 Å². The number of rotatable bonds is 8. The first kappa shape index (κ1) is 27.4. The van der Waals surface area contributed by atoms with E-state index in [4.69, 9.17) is 4.74 Å². The number of piperidine rings is 1. The Morgan fingerprint density at radius 2 is 1.79 bits per heavy atom. The van der Waals surface area contributed by atoms with E-state index in [9.17, 15) is 23.1 Å². The van der Waals surface area contributed by atoms with Gasteiger partial charge in [-0.15, -0.1) is 10.2 Å². The molecule has 38 heavy (non-hydrogen) atoms. The summed E-state index contributed by atoms with van der Waals surface area (Å²) in [5.41, 5.74) is 2.61. The molecule has 3 aromatic rings. The summed E-state index contributed by atoms with van der Waals surface area (Å²) in [5, 5.41) is 20.7. The SMILES string of the molecule is COc1cc(O)c(-c2nnc(C(=O)NCC(F)(F)F)n2-c2ccc(CN3CCCCC3)cc2)cc1C(C)C. The van der Waals surface area contributed by atoms with Gasteiger partial charge in [0.25, 0.3) is 5.91 Å². The first-order chi connectivity index (χ1) is 18.1. The van der Waals surface area contributed by atoms with Crippen LogP contribution in [0.3, 0.4) is 0 Å². The van der Waals surface area contributed by atoms with Crippen LogP contribution in [0, 0.1) is 0 Å². The number of amides is 1. The van der Waals surface area contributed by atoms with Crippen molar-refractivity contribution in [3.05, 3.63) is 53.3 Å². The predicted molar refractivity (Wildman–Crippen MR) is 137 cm³/mol. The lowest BCUT2D eigenvalue weighted by atomic mass is 9.98. The molecule has 1 aliphatic rings. The summed E-state index contributed by atoms with van der Waals surface area (Å²) >= 11 is 0. The molecule has 0 atom stereocenters. The Kier molecular flexibility index (Phi) is 8.25. The smallest absolute Gasteiger partial charge is 0.405 e. The highest BCUT2D eigenvalue weighted by Crippen LogP contribution is 2.38. The molecule has 11 heteroatoms. The number of alkyl halides is 3. The largest absolute Gasteiger partial charge is 0.507 e. The summed E-state index contributed by atoms with van der Waals surface area (Å²) in [6.07, 6.45) is -1.01. The number of phenolic OH excluding ortho intramolecular Hbond substituents is 1. The Morgan fingerprint density at radius 1 is 1.11 bits per heavy atom. The Hall–Kier alpha value is -3.60. The average Bonchev–Trinajstić information content (AvgIpc) is 3.32. The first-order valence-corrected chi connectivity index (χ1v) is 12.6. The van der Waals surface area contributed by atoms with E-state index in [1.807, 2.05) is 31.3 Å². The van der Waals surface area contributed by atoms with Crippen molar-refractivity contribution >= 4 is 5.91 Å². The Labute approximate surface area is 219 Å². The molecule has 8 nitrogen and oxygen atoms in total. The Morgan fingerprint density at radius 3 is 2.39 bits per heavy atom. The van der Waals surface area contributed by atoms with E-state index in [0.29, 0.717) is 11.4 Å². The van der Waals surface area contributed by atoms with Crippen LogP contribution >= 0.6 is 0 Å². The highest BCUT2D eigenvalue weighted by Gasteiger charge is 2.30. The van der Waals surface area contributed by atoms with Gasteiger partial charge in [0.1, 0.15) is 18.0 Å². The van der Waals surface area contributed by atoms with Gasteiger partial charge in [-0.25, -0.2) is 0 Å². The third-order valence-electron chi connectivity index (χ3n) is 6.58. The number of methoxy groups -OCH3 is 1. The number of ether oxygens (including phenoxy) is 1. The minimum absolute atomic E-state index is 0.0318. The summed E-state index contributed by atoms with van der Waals surface area (Å²) in [6.45, 7) is 5.27. The molecule has 0 bridgehead atoms. The summed E-state index contributed by atoms with van der Waals surface area (Å²) in [6, 6.07) is 10.5. The molecule has 0 saturated carbocycles. The van der Waals surface area contributed by atoms with Crippen molar-refractivity contribution in [2.45, 2.75) is 51.7 Å². The second kappa shape index (κ2) is 11.4. The first-order valence-electron chi connectivity index (χ1n) is 12.6. The van der Waals surface area contributed by atoms with Crippen molar-refractivity contribution in [3.63, 3.8) is 0 Å². The van der Waals surface area contributed by atoms with Crippen LogP contribution in [0.2, 0.25) is 0 Å². The number of nitrogens with zero attached hydrogens (tertiary/aromatic N) is 4. The van der Waals surface area contributed by atoms with Crippen molar-refractivity contribution in [2.75, 3.05) is 26.7 Å². The van der Waals surface area contributed by atoms with Crippen LogP contribution in [0.15, 0.2) is 36.4 Å². The molecule has 4 rings (SSSR count). The Balaban J connectivity index is 1.76. The van der Waals surface area contributed by atoms with Crippen molar-refractivity contribution in [1.82, 2.24) is 25.0 Å². The molecule has 1 aromatic heterocycles. The molecule has 2 heterocycles. The number of aromatic hydroxyl groups is 1. The van der Waals surface area contributed by atoms with Gasteiger partial charge in [-0.05, 0) is 61.2 Å². The number of likely N-dealkylation sites (tertiary alicyclic amines) is 1. The second-order valence-electron chi connectivity index (χ2n) is 9.75. The van der Waals surface area contributed by atoms with Crippen LogP contribution < -0.4 is 10.1 Å². The van der Waals surface area contributed by atoms with Crippen LogP contribution in [-0.4, -0.2) is 63.6 Å². The zero-order chi connectivity index (χ0) is 27.4. The normalized spacial score (nSPS) is 14.6. The number of nitrogens with one attached hydrogen (secondary N) is 1. The maximum absolute atomic E-state index is 12.8. The van der Waals surface area contributed by atoms with E-state index >= 15 is 0 Å². The molecule has 204 valence electrons. The van der Waals surface area contributed by atoms with Gasteiger partial charge < -0.3 is 15.2 Å². The van der Waals surface area contributed by atoms with E-state index < -0.39 is 18.6 Å². The van der Waals surface area contributed by atoms with Gasteiger partial charge >= 0.3 is 6.18 Å². The van der Waals surface area contributed by atoms with Gasteiger partial charge in [-0.3, -0.25) is 14.3 Å². The standard InChI is InChI=1S/C27H32F3N5O3/c1-17(2)20-13-21(22(36)14-23(20)38-3)24-32-33-25(26(37)31-16-27(28,29)30)35(24)19-9-7-18(8-10-19)15-34-11-5-4-6-12-34/h7-10,13-14,17,36H,4-6,11-12,15-16H2,1-3H3,(H,31,37). The molecular weight excluding hydrogens is 499 g/mol. The number of carbonyl (C=O) groups excluding carboxylic acids is 1. The van der Waals surface area contributed by atoms with Crippen LogP contribution in [-0.2, 0) is 6.54 Å². The minimum atomic E-state index is -4.58. The van der Waals surface area contributed by atoms with Crippen molar-refractivity contribution in [1.29, 1.82) is 0 Å². The van der Waals surface area contributed by atoms with E-state index in [-0.39, 0.29) is 28.9 Å². The highest BCUT2D eigenvalue weighted by molar-refractivity contribution is 5.92. The molecule has 0 spiro atoms. The van der Waals surface area contributed by atoms with Gasteiger partial charge in [0.2, 0.25) is 5.82 Å². The van der Waals surface area contributed by atoms with Gasteiger partial charge in [0, 0.05) is 18.3 Å². The fraction of sp³-hybridized carbons (Fsp3) is 0.444. The molecule has 1 fully saturated rings. The maximum Gasteiger partial charge on any atom is 0.405 e. The van der Waals surface area contributed by atoms with Gasteiger partial charge in [-0.1, -0.05) is 32.4 Å². The third kappa shape index (κ3) is 6.27.